The molecule has 3 rings (SSSR count). The van der Waals surface area contributed by atoms with Gasteiger partial charge < -0.3 is 10.1 Å². The smallest absolute Gasteiger partial charge is 0.251 e. The predicted octanol–water partition coefficient (Wildman–Crippen LogP) is 1.80. The summed E-state index contributed by atoms with van der Waals surface area (Å²) in [4.78, 5) is 16.5. The third-order valence-corrected chi connectivity index (χ3v) is 6.20. The number of pyridine rings is 1. The third-order valence-electron chi connectivity index (χ3n) is 4.28. The zero-order chi connectivity index (χ0) is 18.6. The molecule has 26 heavy (non-hydrogen) atoms. The van der Waals surface area contributed by atoms with Crippen LogP contribution in [-0.2, 0) is 16.6 Å². The Morgan fingerprint density at radius 2 is 2.04 bits per heavy atom. The number of carbonyl (C=O) groups is 1. The number of nitrogens with one attached hydrogen (secondary N) is 1. The highest BCUT2D eigenvalue weighted by Gasteiger charge is 2.30. The van der Waals surface area contributed by atoms with E-state index in [2.05, 4.69) is 10.3 Å². The van der Waals surface area contributed by atoms with Crippen molar-refractivity contribution in [3.63, 3.8) is 0 Å². The molecular formula is C18H21N3O4S. The monoisotopic (exact) mass is 375 g/mol. The highest BCUT2D eigenvalue weighted by atomic mass is 32.2. The molecule has 0 unspecified atom stereocenters. The molecule has 1 N–H and O–H groups in total. The molecule has 0 spiro atoms. The van der Waals surface area contributed by atoms with E-state index in [0.717, 1.165) is 18.4 Å². The second kappa shape index (κ2) is 7.84. The van der Waals surface area contributed by atoms with Gasteiger partial charge in [-0.1, -0.05) is 6.07 Å². The molecule has 1 fully saturated rings. The van der Waals surface area contributed by atoms with Crippen LogP contribution in [0.2, 0.25) is 0 Å². The van der Waals surface area contributed by atoms with E-state index >= 15 is 0 Å². The summed E-state index contributed by atoms with van der Waals surface area (Å²) in [5, 5.41) is 2.77. The summed E-state index contributed by atoms with van der Waals surface area (Å²) in [6.45, 7) is 1.29. The molecule has 138 valence electrons. The Hall–Kier alpha value is -2.45. The lowest BCUT2D eigenvalue weighted by Gasteiger charge is -2.18. The molecule has 1 amide bonds. The van der Waals surface area contributed by atoms with Crippen molar-refractivity contribution in [3.8, 4) is 5.75 Å². The number of rotatable bonds is 6. The molecule has 0 atom stereocenters. The van der Waals surface area contributed by atoms with Gasteiger partial charge in [-0.15, -0.1) is 0 Å². The van der Waals surface area contributed by atoms with E-state index in [4.69, 9.17) is 4.74 Å². The molecule has 2 aromatic rings. The van der Waals surface area contributed by atoms with E-state index < -0.39 is 10.0 Å². The first-order valence-corrected chi connectivity index (χ1v) is 9.81. The van der Waals surface area contributed by atoms with Crippen LogP contribution in [0.5, 0.6) is 5.75 Å². The zero-order valence-electron chi connectivity index (χ0n) is 14.5. The van der Waals surface area contributed by atoms with Gasteiger partial charge in [-0.3, -0.25) is 9.78 Å². The van der Waals surface area contributed by atoms with Gasteiger partial charge in [0.2, 0.25) is 10.0 Å². The first kappa shape index (κ1) is 18.3. The summed E-state index contributed by atoms with van der Waals surface area (Å²) in [5.41, 5.74) is 1.13. The normalized spacial score (nSPS) is 15.0. The standard InChI is InChI=1S/C18H21N3O4S/c1-25-16-7-6-15(18(22)20-13-14-5-4-8-19-12-14)11-17(16)26(23,24)21-9-2-3-10-21/h4-8,11-12H,2-3,9-10,13H2,1H3,(H,20,22). The molecule has 0 aliphatic carbocycles. The maximum atomic E-state index is 12.9. The van der Waals surface area contributed by atoms with Crippen molar-refractivity contribution in [2.24, 2.45) is 0 Å². The predicted molar refractivity (Wildman–Crippen MR) is 96.4 cm³/mol. The molecule has 1 aromatic heterocycles. The van der Waals surface area contributed by atoms with Crippen LogP contribution in [0.15, 0.2) is 47.6 Å². The third kappa shape index (κ3) is 3.86. The zero-order valence-corrected chi connectivity index (χ0v) is 15.3. The number of aromatic nitrogens is 1. The Morgan fingerprint density at radius 1 is 1.27 bits per heavy atom. The number of hydrogen-bond acceptors (Lipinski definition) is 5. The average molecular weight is 375 g/mol. The fourth-order valence-electron chi connectivity index (χ4n) is 2.87. The number of sulfonamides is 1. The van der Waals surface area contributed by atoms with Crippen molar-refractivity contribution in [1.82, 2.24) is 14.6 Å². The minimum atomic E-state index is -3.69. The molecule has 7 nitrogen and oxygen atoms in total. The van der Waals surface area contributed by atoms with Crippen LogP contribution in [-0.4, -0.2) is 43.8 Å². The number of amides is 1. The molecule has 1 saturated heterocycles. The largest absolute Gasteiger partial charge is 0.495 e. The van der Waals surface area contributed by atoms with Gasteiger partial charge in [0.15, 0.2) is 0 Å². The van der Waals surface area contributed by atoms with E-state index in [9.17, 15) is 13.2 Å². The number of methoxy groups -OCH3 is 1. The summed E-state index contributed by atoms with van der Waals surface area (Å²) >= 11 is 0. The fourth-order valence-corrected chi connectivity index (χ4v) is 4.57. The van der Waals surface area contributed by atoms with Crippen molar-refractivity contribution in [2.75, 3.05) is 20.2 Å². The minimum Gasteiger partial charge on any atom is -0.495 e. The molecule has 1 aliphatic rings. The summed E-state index contributed by atoms with van der Waals surface area (Å²) in [5.74, 6) is -0.116. The second-order valence-electron chi connectivity index (χ2n) is 6.02. The van der Waals surface area contributed by atoms with Crippen LogP contribution in [0, 0.1) is 0 Å². The molecule has 1 aliphatic heterocycles. The lowest BCUT2D eigenvalue weighted by molar-refractivity contribution is 0.0950. The molecular weight excluding hydrogens is 354 g/mol. The number of ether oxygens (including phenoxy) is 1. The summed E-state index contributed by atoms with van der Waals surface area (Å²) in [6, 6.07) is 8.09. The van der Waals surface area contributed by atoms with E-state index in [-0.39, 0.29) is 22.1 Å². The van der Waals surface area contributed by atoms with Gasteiger partial charge in [0.1, 0.15) is 10.6 Å². The Bertz CT molecular complexity index is 879. The Balaban J connectivity index is 1.83. The van der Waals surface area contributed by atoms with Crippen molar-refractivity contribution < 1.29 is 17.9 Å². The van der Waals surface area contributed by atoms with Crippen LogP contribution in [0.25, 0.3) is 0 Å². The summed E-state index contributed by atoms with van der Waals surface area (Å²) in [7, 11) is -2.27. The minimum absolute atomic E-state index is 0.0240. The quantitative estimate of drug-likeness (QED) is 0.832. The van der Waals surface area contributed by atoms with Gasteiger partial charge in [-0.05, 0) is 42.7 Å². The lowest BCUT2D eigenvalue weighted by atomic mass is 10.2. The average Bonchev–Trinajstić information content (AvgIpc) is 3.22. The van der Waals surface area contributed by atoms with Crippen LogP contribution in [0.4, 0.5) is 0 Å². The van der Waals surface area contributed by atoms with E-state index in [1.54, 1.807) is 24.5 Å². The van der Waals surface area contributed by atoms with Crippen LogP contribution < -0.4 is 10.1 Å². The van der Waals surface area contributed by atoms with Gasteiger partial charge in [0.25, 0.3) is 5.91 Å². The highest BCUT2D eigenvalue weighted by molar-refractivity contribution is 7.89. The van der Waals surface area contributed by atoms with Crippen molar-refractivity contribution in [3.05, 3.63) is 53.9 Å². The van der Waals surface area contributed by atoms with Crippen LogP contribution >= 0.6 is 0 Å². The summed E-state index contributed by atoms with van der Waals surface area (Å²) in [6.07, 6.45) is 5.00. The molecule has 8 heteroatoms. The number of nitrogens with zero attached hydrogens (tertiary/aromatic N) is 2. The molecule has 1 aromatic carbocycles. The van der Waals surface area contributed by atoms with Gasteiger partial charge >= 0.3 is 0 Å². The number of benzene rings is 1. The van der Waals surface area contributed by atoms with Crippen molar-refractivity contribution in [2.45, 2.75) is 24.3 Å². The van der Waals surface area contributed by atoms with Crippen LogP contribution in [0.3, 0.4) is 0 Å². The van der Waals surface area contributed by atoms with E-state index in [1.165, 1.54) is 23.5 Å². The Morgan fingerprint density at radius 3 is 2.69 bits per heavy atom. The molecule has 0 saturated carbocycles. The lowest BCUT2D eigenvalue weighted by Crippen LogP contribution is -2.29. The molecule has 0 bridgehead atoms. The maximum Gasteiger partial charge on any atom is 0.251 e. The van der Waals surface area contributed by atoms with Gasteiger partial charge in [-0.2, -0.15) is 4.31 Å². The van der Waals surface area contributed by atoms with Crippen LogP contribution in [0.1, 0.15) is 28.8 Å². The van der Waals surface area contributed by atoms with Crippen molar-refractivity contribution >= 4 is 15.9 Å². The summed E-state index contributed by atoms with van der Waals surface area (Å²) < 4.78 is 32.4. The first-order chi connectivity index (χ1) is 12.5. The fraction of sp³-hybridized carbons (Fsp3) is 0.333. The van der Waals surface area contributed by atoms with E-state index in [1.807, 2.05) is 6.07 Å². The highest BCUT2D eigenvalue weighted by Crippen LogP contribution is 2.29. The molecule has 2 heterocycles. The Labute approximate surface area is 153 Å². The second-order valence-corrected chi connectivity index (χ2v) is 7.93. The van der Waals surface area contributed by atoms with Gasteiger partial charge in [0, 0.05) is 37.6 Å². The maximum absolute atomic E-state index is 12.9. The SMILES string of the molecule is COc1ccc(C(=O)NCc2cccnc2)cc1S(=O)(=O)N1CCCC1. The first-order valence-electron chi connectivity index (χ1n) is 8.37. The number of hydrogen-bond donors (Lipinski definition) is 1. The molecule has 0 radical (unpaired) electrons. The van der Waals surface area contributed by atoms with E-state index in [0.29, 0.717) is 19.6 Å². The van der Waals surface area contributed by atoms with Gasteiger partial charge in [0.05, 0.1) is 7.11 Å². The number of carbonyl (C=O) groups excluding carboxylic acids is 1. The van der Waals surface area contributed by atoms with Gasteiger partial charge in [-0.25, -0.2) is 8.42 Å². The Kier molecular flexibility index (Phi) is 5.53. The van der Waals surface area contributed by atoms with Crippen molar-refractivity contribution in [1.29, 1.82) is 0 Å². The topological polar surface area (TPSA) is 88.6 Å².